The van der Waals surface area contributed by atoms with E-state index >= 15 is 0 Å². The summed E-state index contributed by atoms with van der Waals surface area (Å²) in [5.74, 6) is 6.37. The Morgan fingerprint density at radius 3 is 2.33 bits per heavy atom. The summed E-state index contributed by atoms with van der Waals surface area (Å²) >= 11 is 0. The van der Waals surface area contributed by atoms with E-state index in [1.807, 2.05) is 0 Å². The topological polar surface area (TPSA) is 50.9 Å². The minimum absolute atomic E-state index is 0.0144. The minimum Gasteiger partial charge on any atom is -0.308 e. The first kappa shape index (κ1) is 12.8. The molecule has 0 aliphatic rings. The molecular weight excluding hydrogens is 222 g/mol. The van der Waals surface area contributed by atoms with E-state index in [2.05, 4.69) is 63.2 Å². The number of pyridine rings is 1. The molecule has 1 heterocycles. The van der Waals surface area contributed by atoms with Gasteiger partial charge < -0.3 is 5.43 Å². The molecule has 2 aromatic rings. The highest BCUT2D eigenvalue weighted by atomic mass is 15.3. The number of fused-ring (bicyclic) bond motifs is 1. The Balaban J connectivity index is 2.81. The van der Waals surface area contributed by atoms with Gasteiger partial charge in [-0.25, -0.2) is 10.8 Å². The van der Waals surface area contributed by atoms with Gasteiger partial charge in [-0.05, 0) is 37.0 Å². The molecule has 0 amide bonds. The van der Waals surface area contributed by atoms with Crippen molar-refractivity contribution in [3.8, 4) is 0 Å². The maximum absolute atomic E-state index is 5.61. The maximum atomic E-state index is 5.61. The van der Waals surface area contributed by atoms with Gasteiger partial charge in [0.15, 0.2) is 0 Å². The zero-order valence-electron chi connectivity index (χ0n) is 11.8. The summed E-state index contributed by atoms with van der Waals surface area (Å²) in [5, 5.41) is 1.18. The number of nitrogen functional groups attached to an aromatic ring is 1. The van der Waals surface area contributed by atoms with E-state index in [-0.39, 0.29) is 5.41 Å². The molecule has 18 heavy (non-hydrogen) atoms. The van der Waals surface area contributed by atoms with E-state index in [1.54, 1.807) is 0 Å². The van der Waals surface area contributed by atoms with Crippen molar-refractivity contribution in [2.24, 2.45) is 5.84 Å². The molecule has 0 bridgehead atoms. The third kappa shape index (κ3) is 2.18. The zero-order chi connectivity index (χ0) is 13.5. The standard InChI is InChI=1S/C15H21N3/c1-9-6-10(2)13-11(7-9)8-12(15(3,4)5)14(17-13)18-16/h6-8H,16H2,1-5H3,(H,17,18). The highest BCUT2D eigenvalue weighted by molar-refractivity contribution is 5.85. The van der Waals surface area contributed by atoms with Gasteiger partial charge in [0, 0.05) is 10.9 Å². The number of nitrogens with one attached hydrogen (secondary N) is 1. The Morgan fingerprint density at radius 1 is 1.11 bits per heavy atom. The molecule has 0 spiro atoms. The normalized spacial score (nSPS) is 11.9. The molecule has 0 saturated heterocycles. The minimum atomic E-state index is 0.0144. The first-order valence-electron chi connectivity index (χ1n) is 6.22. The van der Waals surface area contributed by atoms with Gasteiger partial charge >= 0.3 is 0 Å². The number of aryl methyl sites for hydroxylation is 2. The highest BCUT2D eigenvalue weighted by Gasteiger charge is 2.20. The van der Waals surface area contributed by atoms with Crippen LogP contribution in [0.3, 0.4) is 0 Å². The Kier molecular flexibility index (Phi) is 3.03. The van der Waals surface area contributed by atoms with Crippen molar-refractivity contribution in [3.63, 3.8) is 0 Å². The Labute approximate surface area is 108 Å². The largest absolute Gasteiger partial charge is 0.308 e. The molecule has 96 valence electrons. The molecule has 0 saturated carbocycles. The lowest BCUT2D eigenvalue weighted by Crippen LogP contribution is -2.19. The Hall–Kier alpha value is -1.61. The first-order valence-corrected chi connectivity index (χ1v) is 6.22. The lowest BCUT2D eigenvalue weighted by atomic mass is 9.86. The predicted octanol–water partition coefficient (Wildman–Crippen LogP) is 3.43. The molecule has 3 N–H and O–H groups in total. The van der Waals surface area contributed by atoms with Crippen LogP contribution in [-0.4, -0.2) is 4.98 Å². The van der Waals surface area contributed by atoms with Gasteiger partial charge in [-0.1, -0.05) is 32.4 Å². The third-order valence-electron chi connectivity index (χ3n) is 3.20. The second-order valence-corrected chi connectivity index (χ2v) is 5.93. The van der Waals surface area contributed by atoms with Gasteiger partial charge in [0.1, 0.15) is 5.82 Å². The molecule has 3 nitrogen and oxygen atoms in total. The van der Waals surface area contributed by atoms with E-state index in [4.69, 9.17) is 5.84 Å². The van der Waals surface area contributed by atoms with Crippen molar-refractivity contribution in [1.29, 1.82) is 0 Å². The Bertz CT molecular complexity index is 595. The number of aromatic nitrogens is 1. The van der Waals surface area contributed by atoms with Crippen LogP contribution in [0.1, 0.15) is 37.5 Å². The number of nitrogens with two attached hydrogens (primary N) is 1. The molecule has 1 aromatic carbocycles. The number of nitrogens with zero attached hydrogens (tertiary/aromatic N) is 1. The fourth-order valence-corrected chi connectivity index (χ4v) is 2.33. The first-order chi connectivity index (χ1) is 8.32. The lowest BCUT2D eigenvalue weighted by Gasteiger charge is -2.22. The number of hydrogen-bond donors (Lipinski definition) is 2. The second kappa shape index (κ2) is 4.25. The third-order valence-corrected chi connectivity index (χ3v) is 3.20. The van der Waals surface area contributed by atoms with Crippen LogP contribution in [0, 0.1) is 13.8 Å². The van der Waals surface area contributed by atoms with E-state index in [1.165, 1.54) is 16.5 Å². The summed E-state index contributed by atoms with van der Waals surface area (Å²) in [6, 6.07) is 6.51. The number of anilines is 1. The van der Waals surface area contributed by atoms with Crippen LogP contribution >= 0.6 is 0 Å². The van der Waals surface area contributed by atoms with Crippen molar-refractivity contribution in [2.45, 2.75) is 40.0 Å². The van der Waals surface area contributed by atoms with Gasteiger partial charge in [-0.2, -0.15) is 0 Å². The quantitative estimate of drug-likeness (QED) is 0.596. The lowest BCUT2D eigenvalue weighted by molar-refractivity contribution is 0.590. The molecule has 0 unspecified atom stereocenters. The van der Waals surface area contributed by atoms with Crippen molar-refractivity contribution >= 4 is 16.7 Å². The monoisotopic (exact) mass is 243 g/mol. The SMILES string of the molecule is Cc1cc(C)c2nc(NN)c(C(C)(C)C)cc2c1. The molecule has 0 aliphatic heterocycles. The summed E-state index contributed by atoms with van der Waals surface area (Å²) < 4.78 is 0. The Morgan fingerprint density at radius 2 is 1.78 bits per heavy atom. The van der Waals surface area contributed by atoms with E-state index in [9.17, 15) is 0 Å². The predicted molar refractivity (Wildman–Crippen MR) is 77.7 cm³/mol. The fourth-order valence-electron chi connectivity index (χ4n) is 2.33. The van der Waals surface area contributed by atoms with Crippen molar-refractivity contribution in [1.82, 2.24) is 4.98 Å². The van der Waals surface area contributed by atoms with Crippen molar-refractivity contribution in [3.05, 3.63) is 34.9 Å². The summed E-state index contributed by atoms with van der Waals surface area (Å²) in [5.41, 5.74) is 7.34. The summed E-state index contributed by atoms with van der Waals surface area (Å²) in [6.07, 6.45) is 0. The van der Waals surface area contributed by atoms with Gasteiger partial charge in [0.2, 0.25) is 0 Å². The van der Waals surface area contributed by atoms with Crippen LogP contribution in [0.2, 0.25) is 0 Å². The van der Waals surface area contributed by atoms with Crippen LogP contribution in [0.15, 0.2) is 18.2 Å². The zero-order valence-corrected chi connectivity index (χ0v) is 11.8. The molecule has 0 fully saturated rings. The summed E-state index contributed by atoms with van der Waals surface area (Å²) in [6.45, 7) is 10.7. The van der Waals surface area contributed by atoms with Gasteiger partial charge in [-0.15, -0.1) is 0 Å². The van der Waals surface area contributed by atoms with E-state index in [0.717, 1.165) is 16.9 Å². The smallest absolute Gasteiger partial charge is 0.144 e. The second-order valence-electron chi connectivity index (χ2n) is 5.93. The van der Waals surface area contributed by atoms with E-state index < -0.39 is 0 Å². The van der Waals surface area contributed by atoms with Crippen molar-refractivity contribution < 1.29 is 0 Å². The molecule has 1 aromatic heterocycles. The van der Waals surface area contributed by atoms with Crippen LogP contribution in [0.4, 0.5) is 5.82 Å². The molecule has 2 rings (SSSR count). The van der Waals surface area contributed by atoms with Crippen LogP contribution < -0.4 is 11.3 Å². The maximum Gasteiger partial charge on any atom is 0.144 e. The number of rotatable bonds is 1. The van der Waals surface area contributed by atoms with Gasteiger partial charge in [0.25, 0.3) is 0 Å². The molecule has 0 atom stereocenters. The number of hydrazine groups is 1. The van der Waals surface area contributed by atoms with Crippen LogP contribution in [0.5, 0.6) is 0 Å². The fraction of sp³-hybridized carbons (Fsp3) is 0.400. The highest BCUT2D eigenvalue weighted by Crippen LogP contribution is 2.32. The molecule has 3 heteroatoms. The van der Waals surface area contributed by atoms with Crippen LogP contribution in [0.25, 0.3) is 10.9 Å². The number of hydrogen-bond acceptors (Lipinski definition) is 3. The summed E-state index contributed by atoms with van der Waals surface area (Å²) in [7, 11) is 0. The average molecular weight is 243 g/mol. The molecule has 0 radical (unpaired) electrons. The molecular formula is C15H21N3. The summed E-state index contributed by atoms with van der Waals surface area (Å²) in [4.78, 5) is 4.66. The van der Waals surface area contributed by atoms with E-state index in [0.29, 0.717) is 0 Å². The molecule has 0 aliphatic carbocycles. The van der Waals surface area contributed by atoms with Gasteiger partial charge in [0.05, 0.1) is 5.52 Å². The van der Waals surface area contributed by atoms with Crippen LogP contribution in [-0.2, 0) is 5.41 Å². The average Bonchev–Trinajstić information content (AvgIpc) is 2.26. The number of benzene rings is 1. The van der Waals surface area contributed by atoms with Gasteiger partial charge in [-0.3, -0.25) is 0 Å². The van der Waals surface area contributed by atoms with Crippen molar-refractivity contribution in [2.75, 3.05) is 5.43 Å².